The van der Waals surface area contributed by atoms with Gasteiger partial charge in [-0.15, -0.1) is 11.3 Å². The lowest BCUT2D eigenvalue weighted by Gasteiger charge is -2.22. The van der Waals surface area contributed by atoms with Gasteiger partial charge in [-0.05, 0) is 42.0 Å². The van der Waals surface area contributed by atoms with Crippen LogP contribution in [0.1, 0.15) is 29.1 Å². The van der Waals surface area contributed by atoms with Crippen molar-refractivity contribution in [3.8, 4) is 0 Å². The lowest BCUT2D eigenvalue weighted by atomic mass is 10.0. The number of sulfone groups is 1. The van der Waals surface area contributed by atoms with E-state index < -0.39 is 21.8 Å². The molecule has 0 saturated carbocycles. The number of hydrogen-bond acceptors (Lipinski definition) is 5. The second-order valence-electron chi connectivity index (χ2n) is 6.41. The molecule has 0 saturated heterocycles. The van der Waals surface area contributed by atoms with E-state index in [0.29, 0.717) is 10.6 Å². The number of amides is 2. The molecule has 1 aromatic heterocycles. The molecule has 6 nitrogen and oxygen atoms in total. The van der Waals surface area contributed by atoms with E-state index in [0.717, 1.165) is 11.8 Å². The Morgan fingerprint density at radius 2 is 1.85 bits per heavy atom. The first-order valence-electron chi connectivity index (χ1n) is 8.05. The Balaban J connectivity index is 2.21. The van der Waals surface area contributed by atoms with Gasteiger partial charge in [-0.2, -0.15) is 0 Å². The van der Waals surface area contributed by atoms with Crippen molar-refractivity contribution >= 4 is 38.7 Å². The number of benzene rings is 1. The maximum atomic E-state index is 12.7. The molecule has 0 bridgehead atoms. The van der Waals surface area contributed by atoms with Crippen LogP contribution in [0, 0.1) is 12.8 Å². The summed E-state index contributed by atoms with van der Waals surface area (Å²) < 4.78 is 23.5. The van der Waals surface area contributed by atoms with E-state index >= 15 is 0 Å². The highest BCUT2D eigenvalue weighted by atomic mass is 32.2. The van der Waals surface area contributed by atoms with Crippen LogP contribution < -0.4 is 10.6 Å². The SMILES string of the molecule is Cc1ccc(S(C)(=O)=O)cc1NC(=O)C(NC(=O)c1cccs1)C(C)C. The van der Waals surface area contributed by atoms with Crippen molar-refractivity contribution < 1.29 is 18.0 Å². The summed E-state index contributed by atoms with van der Waals surface area (Å²) in [4.78, 5) is 25.6. The van der Waals surface area contributed by atoms with Crippen LogP contribution in [0.25, 0.3) is 0 Å². The summed E-state index contributed by atoms with van der Waals surface area (Å²) in [6, 6.07) is 7.28. The Kier molecular flexibility index (Phi) is 6.20. The largest absolute Gasteiger partial charge is 0.339 e. The van der Waals surface area contributed by atoms with Gasteiger partial charge < -0.3 is 10.6 Å². The number of rotatable bonds is 6. The first kappa shape index (κ1) is 20.1. The van der Waals surface area contributed by atoms with Gasteiger partial charge in [0.1, 0.15) is 6.04 Å². The predicted octanol–water partition coefficient (Wildman–Crippen LogP) is 2.85. The number of anilines is 1. The molecule has 26 heavy (non-hydrogen) atoms. The van der Waals surface area contributed by atoms with Gasteiger partial charge in [0.25, 0.3) is 5.91 Å². The minimum Gasteiger partial charge on any atom is -0.339 e. The van der Waals surface area contributed by atoms with Crippen molar-refractivity contribution in [1.82, 2.24) is 5.32 Å². The van der Waals surface area contributed by atoms with E-state index in [1.807, 2.05) is 13.8 Å². The zero-order chi connectivity index (χ0) is 19.5. The Labute approximate surface area is 157 Å². The molecular weight excluding hydrogens is 372 g/mol. The minimum atomic E-state index is -3.38. The van der Waals surface area contributed by atoms with Crippen molar-refractivity contribution in [3.05, 3.63) is 46.2 Å². The molecule has 2 N–H and O–H groups in total. The zero-order valence-corrected chi connectivity index (χ0v) is 16.7. The molecule has 8 heteroatoms. The Morgan fingerprint density at radius 1 is 1.15 bits per heavy atom. The van der Waals surface area contributed by atoms with Crippen LogP contribution in [-0.2, 0) is 14.6 Å². The first-order chi connectivity index (χ1) is 12.1. The Hall–Kier alpha value is -2.19. The highest BCUT2D eigenvalue weighted by Crippen LogP contribution is 2.21. The number of carbonyl (C=O) groups excluding carboxylic acids is 2. The van der Waals surface area contributed by atoms with Crippen LogP contribution in [-0.4, -0.2) is 32.5 Å². The van der Waals surface area contributed by atoms with E-state index in [4.69, 9.17) is 0 Å². The molecular formula is C18H22N2O4S2. The Bertz CT molecular complexity index is 903. The lowest BCUT2D eigenvalue weighted by molar-refractivity contribution is -0.118. The third-order valence-corrected chi connectivity index (χ3v) is 5.85. The minimum absolute atomic E-state index is 0.127. The molecule has 0 radical (unpaired) electrons. The highest BCUT2D eigenvalue weighted by Gasteiger charge is 2.25. The number of carbonyl (C=O) groups is 2. The molecule has 1 aromatic carbocycles. The number of nitrogens with one attached hydrogen (secondary N) is 2. The topological polar surface area (TPSA) is 92.3 Å². The second kappa shape index (κ2) is 8.01. The predicted molar refractivity (Wildman–Crippen MR) is 103 cm³/mol. The van der Waals surface area contributed by atoms with Crippen LogP contribution in [0.15, 0.2) is 40.6 Å². The van der Waals surface area contributed by atoms with Gasteiger partial charge in [0, 0.05) is 11.9 Å². The third-order valence-electron chi connectivity index (χ3n) is 3.88. The standard InChI is InChI=1S/C18H22N2O4S2/c1-11(2)16(20-17(21)15-6-5-9-25-15)18(22)19-14-10-13(26(4,23)24)8-7-12(14)3/h5-11,16H,1-4H3,(H,19,22)(H,20,21). The molecule has 1 unspecified atom stereocenters. The summed E-state index contributed by atoms with van der Waals surface area (Å²) in [7, 11) is -3.38. The summed E-state index contributed by atoms with van der Waals surface area (Å²) in [6.45, 7) is 5.44. The van der Waals surface area contributed by atoms with Crippen molar-refractivity contribution in [2.24, 2.45) is 5.92 Å². The maximum absolute atomic E-state index is 12.7. The quantitative estimate of drug-likeness (QED) is 0.788. The lowest BCUT2D eigenvalue weighted by Crippen LogP contribution is -2.47. The monoisotopic (exact) mass is 394 g/mol. The smallest absolute Gasteiger partial charge is 0.262 e. The van der Waals surface area contributed by atoms with Gasteiger partial charge in [-0.1, -0.05) is 26.0 Å². The fourth-order valence-electron chi connectivity index (χ4n) is 2.33. The van der Waals surface area contributed by atoms with E-state index in [1.165, 1.54) is 23.5 Å². The normalized spacial score (nSPS) is 12.7. The second-order valence-corrected chi connectivity index (χ2v) is 9.37. The molecule has 0 aliphatic rings. The van der Waals surface area contributed by atoms with Crippen LogP contribution in [0.4, 0.5) is 5.69 Å². The van der Waals surface area contributed by atoms with E-state index in [-0.39, 0.29) is 16.7 Å². The summed E-state index contributed by atoms with van der Waals surface area (Å²) in [5.41, 5.74) is 1.15. The molecule has 2 aromatic rings. The first-order valence-corrected chi connectivity index (χ1v) is 10.8. The van der Waals surface area contributed by atoms with Gasteiger partial charge in [0.05, 0.1) is 9.77 Å². The van der Waals surface area contributed by atoms with Crippen molar-refractivity contribution in [3.63, 3.8) is 0 Å². The molecule has 0 fully saturated rings. The molecule has 0 aliphatic carbocycles. The van der Waals surface area contributed by atoms with Crippen LogP contribution in [0.2, 0.25) is 0 Å². The molecule has 1 atom stereocenters. The molecule has 2 amide bonds. The maximum Gasteiger partial charge on any atom is 0.262 e. The summed E-state index contributed by atoms with van der Waals surface area (Å²) >= 11 is 1.30. The molecule has 2 rings (SSSR count). The van der Waals surface area contributed by atoms with Crippen molar-refractivity contribution in [2.45, 2.75) is 31.7 Å². The van der Waals surface area contributed by atoms with Gasteiger partial charge in [-0.3, -0.25) is 9.59 Å². The van der Waals surface area contributed by atoms with Gasteiger partial charge in [0.15, 0.2) is 9.84 Å². The van der Waals surface area contributed by atoms with Gasteiger partial charge in [-0.25, -0.2) is 8.42 Å². The van der Waals surface area contributed by atoms with Gasteiger partial charge >= 0.3 is 0 Å². The fraction of sp³-hybridized carbons (Fsp3) is 0.333. The number of thiophene rings is 1. The molecule has 0 spiro atoms. The molecule has 140 valence electrons. The molecule has 0 aliphatic heterocycles. The summed E-state index contributed by atoms with van der Waals surface area (Å²) in [5, 5.41) is 7.28. The van der Waals surface area contributed by atoms with Crippen molar-refractivity contribution in [1.29, 1.82) is 0 Å². The van der Waals surface area contributed by atoms with E-state index in [9.17, 15) is 18.0 Å². The zero-order valence-electron chi connectivity index (χ0n) is 15.1. The van der Waals surface area contributed by atoms with Crippen LogP contribution >= 0.6 is 11.3 Å². The summed E-state index contributed by atoms with van der Waals surface area (Å²) in [6.07, 6.45) is 1.11. The van der Waals surface area contributed by atoms with Crippen LogP contribution in [0.5, 0.6) is 0 Å². The fourth-order valence-corrected chi connectivity index (χ4v) is 3.61. The van der Waals surface area contributed by atoms with E-state index in [1.54, 1.807) is 30.5 Å². The van der Waals surface area contributed by atoms with E-state index in [2.05, 4.69) is 10.6 Å². The number of hydrogen-bond donors (Lipinski definition) is 2. The Morgan fingerprint density at radius 3 is 2.38 bits per heavy atom. The van der Waals surface area contributed by atoms with Crippen molar-refractivity contribution in [2.75, 3.05) is 11.6 Å². The van der Waals surface area contributed by atoms with Crippen LogP contribution in [0.3, 0.4) is 0 Å². The third kappa shape index (κ3) is 4.92. The average molecular weight is 395 g/mol. The molecule has 1 heterocycles. The average Bonchev–Trinajstić information content (AvgIpc) is 3.07. The number of aryl methyl sites for hydroxylation is 1. The van der Waals surface area contributed by atoms with Gasteiger partial charge in [0.2, 0.25) is 5.91 Å². The summed E-state index contributed by atoms with van der Waals surface area (Å²) in [5.74, 6) is -0.841. The highest BCUT2D eigenvalue weighted by molar-refractivity contribution is 7.90.